The van der Waals surface area contributed by atoms with Crippen molar-refractivity contribution in [1.29, 1.82) is 5.41 Å². The monoisotopic (exact) mass is 172 g/mol. The van der Waals surface area contributed by atoms with Gasteiger partial charge in [-0.25, -0.2) is 0 Å². The molecule has 4 N–H and O–H groups in total. The maximum absolute atomic E-state index is 8.67. The summed E-state index contributed by atoms with van der Waals surface area (Å²) >= 11 is 0. The third-order valence-corrected chi connectivity index (χ3v) is 2.13. The minimum Gasteiger partial charge on any atom is -0.395 e. The van der Waals surface area contributed by atoms with E-state index in [-0.39, 0.29) is 12.6 Å². The number of aliphatic hydroxyl groups is 1. The van der Waals surface area contributed by atoms with E-state index in [4.69, 9.17) is 16.2 Å². The fourth-order valence-corrected chi connectivity index (χ4v) is 1.35. The van der Waals surface area contributed by atoms with Crippen LogP contribution in [0.2, 0.25) is 0 Å². The average Bonchev–Trinajstić information content (AvgIpc) is 2.06. The fraction of sp³-hybridized carbons (Fsp3) is 0.857. The first kappa shape index (κ1) is 9.28. The standard InChI is InChI=1S/C7H16N4O/c8-7(9)11-3-1-10(2-4-11)5-6-12/h12H,1-6H2,(H3,8,9). The largest absolute Gasteiger partial charge is 0.395 e. The van der Waals surface area contributed by atoms with E-state index in [9.17, 15) is 0 Å². The minimum atomic E-state index is 0.152. The summed E-state index contributed by atoms with van der Waals surface area (Å²) in [4.78, 5) is 4.01. The van der Waals surface area contributed by atoms with Crippen LogP contribution in [0.15, 0.2) is 0 Å². The van der Waals surface area contributed by atoms with Gasteiger partial charge in [0.2, 0.25) is 0 Å². The first-order chi connectivity index (χ1) is 5.74. The van der Waals surface area contributed by atoms with Gasteiger partial charge in [0, 0.05) is 32.7 Å². The van der Waals surface area contributed by atoms with Crippen molar-refractivity contribution in [3.8, 4) is 0 Å². The summed E-state index contributed by atoms with van der Waals surface area (Å²) in [6.45, 7) is 4.32. The number of β-amino-alcohol motifs (C(OH)–C–C–N with tert-alkyl or cyclic N) is 1. The molecule has 1 fully saturated rings. The molecule has 0 bridgehead atoms. The van der Waals surface area contributed by atoms with Crippen LogP contribution in [0, 0.1) is 5.41 Å². The Morgan fingerprint density at radius 1 is 1.33 bits per heavy atom. The molecule has 1 saturated heterocycles. The maximum Gasteiger partial charge on any atom is 0.188 e. The second-order valence-electron chi connectivity index (χ2n) is 2.94. The van der Waals surface area contributed by atoms with Gasteiger partial charge in [0.05, 0.1) is 6.61 Å². The van der Waals surface area contributed by atoms with E-state index in [1.165, 1.54) is 0 Å². The molecule has 1 aliphatic rings. The van der Waals surface area contributed by atoms with Gasteiger partial charge in [-0.1, -0.05) is 0 Å². The van der Waals surface area contributed by atoms with Gasteiger partial charge in [-0.3, -0.25) is 10.3 Å². The fourth-order valence-electron chi connectivity index (χ4n) is 1.35. The van der Waals surface area contributed by atoms with Crippen molar-refractivity contribution in [2.45, 2.75) is 0 Å². The number of piperazine rings is 1. The van der Waals surface area contributed by atoms with Crippen LogP contribution in [-0.2, 0) is 0 Å². The molecule has 1 aliphatic heterocycles. The Morgan fingerprint density at radius 2 is 1.92 bits per heavy atom. The van der Waals surface area contributed by atoms with Gasteiger partial charge >= 0.3 is 0 Å². The van der Waals surface area contributed by atoms with Gasteiger partial charge < -0.3 is 15.7 Å². The van der Waals surface area contributed by atoms with Crippen molar-refractivity contribution >= 4 is 5.96 Å². The number of aliphatic hydroxyl groups excluding tert-OH is 1. The Labute approximate surface area is 72.3 Å². The quantitative estimate of drug-likeness (QED) is 0.349. The van der Waals surface area contributed by atoms with Gasteiger partial charge in [-0.2, -0.15) is 0 Å². The molecular formula is C7H16N4O. The third-order valence-electron chi connectivity index (χ3n) is 2.13. The number of nitrogens with one attached hydrogen (secondary N) is 1. The first-order valence-corrected chi connectivity index (χ1v) is 4.16. The second kappa shape index (κ2) is 4.27. The summed E-state index contributed by atoms with van der Waals surface area (Å²) in [5, 5.41) is 15.9. The first-order valence-electron chi connectivity index (χ1n) is 4.16. The Hall–Kier alpha value is -0.810. The van der Waals surface area contributed by atoms with E-state index in [1.807, 2.05) is 4.90 Å². The van der Waals surface area contributed by atoms with Gasteiger partial charge in [0.1, 0.15) is 0 Å². The molecule has 0 spiro atoms. The minimum absolute atomic E-state index is 0.152. The molecule has 5 nitrogen and oxygen atoms in total. The zero-order valence-corrected chi connectivity index (χ0v) is 7.16. The van der Waals surface area contributed by atoms with Gasteiger partial charge in [-0.15, -0.1) is 0 Å². The van der Waals surface area contributed by atoms with E-state index in [2.05, 4.69) is 4.90 Å². The highest BCUT2D eigenvalue weighted by Gasteiger charge is 2.16. The summed E-state index contributed by atoms with van der Waals surface area (Å²) in [6, 6.07) is 0. The Kier molecular flexibility index (Phi) is 3.31. The lowest BCUT2D eigenvalue weighted by Crippen LogP contribution is -2.51. The highest BCUT2D eigenvalue weighted by atomic mass is 16.3. The highest BCUT2D eigenvalue weighted by Crippen LogP contribution is 1.99. The molecule has 0 aromatic rings. The molecule has 0 amide bonds. The van der Waals surface area contributed by atoms with E-state index < -0.39 is 0 Å². The van der Waals surface area contributed by atoms with Crippen LogP contribution >= 0.6 is 0 Å². The van der Waals surface area contributed by atoms with Gasteiger partial charge in [-0.05, 0) is 0 Å². The lowest BCUT2D eigenvalue weighted by atomic mass is 10.3. The number of nitrogens with zero attached hydrogens (tertiary/aromatic N) is 2. The molecule has 1 heterocycles. The number of hydrogen-bond acceptors (Lipinski definition) is 3. The van der Waals surface area contributed by atoms with Crippen LogP contribution in [0.25, 0.3) is 0 Å². The number of guanidine groups is 1. The van der Waals surface area contributed by atoms with E-state index in [1.54, 1.807) is 0 Å². The predicted molar refractivity (Wildman–Crippen MR) is 47.0 cm³/mol. The molecule has 0 unspecified atom stereocenters. The average molecular weight is 172 g/mol. The topological polar surface area (TPSA) is 76.6 Å². The molecule has 0 atom stereocenters. The van der Waals surface area contributed by atoms with Gasteiger partial charge in [0.15, 0.2) is 5.96 Å². The van der Waals surface area contributed by atoms with Crippen LogP contribution in [-0.4, -0.2) is 60.2 Å². The zero-order chi connectivity index (χ0) is 8.97. The summed E-state index contributed by atoms with van der Waals surface area (Å²) in [7, 11) is 0. The highest BCUT2D eigenvalue weighted by molar-refractivity contribution is 5.74. The Balaban J connectivity index is 2.25. The summed E-state index contributed by atoms with van der Waals surface area (Å²) in [5.41, 5.74) is 5.33. The lowest BCUT2D eigenvalue weighted by Gasteiger charge is -2.34. The van der Waals surface area contributed by atoms with Crippen LogP contribution in [0.4, 0.5) is 0 Å². The maximum atomic E-state index is 8.67. The summed E-state index contributed by atoms with van der Waals surface area (Å²) in [5.74, 6) is 0.152. The Bertz CT molecular complexity index is 153. The van der Waals surface area contributed by atoms with E-state index in [0.717, 1.165) is 32.7 Å². The Morgan fingerprint density at radius 3 is 2.33 bits per heavy atom. The molecule has 12 heavy (non-hydrogen) atoms. The summed E-state index contributed by atoms with van der Waals surface area (Å²) < 4.78 is 0. The van der Waals surface area contributed by atoms with Crippen molar-refractivity contribution in [3.63, 3.8) is 0 Å². The van der Waals surface area contributed by atoms with Crippen LogP contribution in [0.3, 0.4) is 0 Å². The molecule has 5 heteroatoms. The molecule has 70 valence electrons. The predicted octanol–water partition coefficient (Wildman–Crippen LogP) is -1.51. The van der Waals surface area contributed by atoms with Gasteiger partial charge in [0.25, 0.3) is 0 Å². The van der Waals surface area contributed by atoms with E-state index in [0.29, 0.717) is 0 Å². The normalized spacial score (nSPS) is 19.6. The van der Waals surface area contributed by atoms with Crippen LogP contribution in [0.1, 0.15) is 0 Å². The molecular weight excluding hydrogens is 156 g/mol. The smallest absolute Gasteiger partial charge is 0.188 e. The van der Waals surface area contributed by atoms with E-state index >= 15 is 0 Å². The lowest BCUT2D eigenvalue weighted by molar-refractivity contribution is 0.146. The molecule has 0 aliphatic carbocycles. The second-order valence-corrected chi connectivity index (χ2v) is 2.94. The summed E-state index contributed by atoms with van der Waals surface area (Å²) in [6.07, 6.45) is 0. The van der Waals surface area contributed by atoms with Crippen LogP contribution < -0.4 is 5.73 Å². The molecule has 0 aromatic carbocycles. The van der Waals surface area contributed by atoms with Crippen molar-refractivity contribution in [2.75, 3.05) is 39.3 Å². The van der Waals surface area contributed by atoms with Crippen molar-refractivity contribution in [3.05, 3.63) is 0 Å². The van der Waals surface area contributed by atoms with Crippen molar-refractivity contribution in [1.82, 2.24) is 9.80 Å². The zero-order valence-electron chi connectivity index (χ0n) is 7.16. The number of hydrogen-bond donors (Lipinski definition) is 3. The molecule has 0 aromatic heterocycles. The SMILES string of the molecule is N=C(N)N1CCN(CCO)CC1. The van der Waals surface area contributed by atoms with Crippen molar-refractivity contribution < 1.29 is 5.11 Å². The molecule has 0 saturated carbocycles. The molecule has 0 radical (unpaired) electrons. The number of nitrogens with two attached hydrogens (primary N) is 1. The van der Waals surface area contributed by atoms with Crippen LogP contribution in [0.5, 0.6) is 0 Å². The van der Waals surface area contributed by atoms with Crippen molar-refractivity contribution in [2.24, 2.45) is 5.73 Å². The number of rotatable bonds is 2. The third kappa shape index (κ3) is 2.35. The molecule has 1 rings (SSSR count).